The maximum Gasteiger partial charge on any atom is 0.105 e. The van der Waals surface area contributed by atoms with Crippen molar-refractivity contribution in [1.82, 2.24) is 0 Å². The maximum absolute atomic E-state index is 9.00. The molecule has 1 atom stereocenters. The Kier molecular flexibility index (Phi) is 3.86. The van der Waals surface area contributed by atoms with E-state index in [1.54, 1.807) is 0 Å². The molecule has 0 heterocycles. The van der Waals surface area contributed by atoms with E-state index in [2.05, 4.69) is 12.1 Å². The Hall–Kier alpha value is -0.0900. The van der Waals surface area contributed by atoms with Gasteiger partial charge in [0, 0.05) is 0 Å². The number of aliphatic hydroxyl groups is 1. The van der Waals surface area contributed by atoms with E-state index < -0.39 is 0 Å². The van der Waals surface area contributed by atoms with Gasteiger partial charge in [0.1, 0.15) is 4.11 Å². The van der Waals surface area contributed by atoms with Crippen LogP contribution in [0.15, 0.2) is 30.3 Å². The minimum atomic E-state index is -0.215. The van der Waals surface area contributed by atoms with E-state index >= 15 is 0 Å². The molecule has 11 heavy (non-hydrogen) atoms. The molecule has 1 N–H and O–H groups in total. The number of benzene rings is 1. The van der Waals surface area contributed by atoms with Crippen molar-refractivity contribution >= 4 is 22.6 Å². The molecule has 1 nitrogen and oxygen atoms in total. The fourth-order valence-corrected chi connectivity index (χ4v) is 1.24. The molecule has 0 aromatic heterocycles. The van der Waals surface area contributed by atoms with Gasteiger partial charge in [-0.25, -0.2) is 0 Å². The Labute approximate surface area is 80.6 Å². The van der Waals surface area contributed by atoms with E-state index in [9.17, 15) is 0 Å². The largest absolute Gasteiger partial charge is 0.383 e. The Balaban J connectivity index is 2.39. The third-order valence-corrected chi connectivity index (χ3v) is 2.14. The average Bonchev–Trinajstić information content (AvgIpc) is 2.03. The molecule has 0 amide bonds. The normalized spacial score (nSPS) is 12.9. The molecule has 0 fully saturated rings. The summed E-state index contributed by atoms with van der Waals surface area (Å²) in [5.74, 6) is 0. The number of hydrogen-bond donors (Lipinski definition) is 1. The molecule has 1 unspecified atom stereocenters. The van der Waals surface area contributed by atoms with Gasteiger partial charge in [0.2, 0.25) is 0 Å². The second kappa shape index (κ2) is 4.72. The van der Waals surface area contributed by atoms with Crippen LogP contribution in [0.2, 0.25) is 0 Å². The topological polar surface area (TPSA) is 20.2 Å². The summed E-state index contributed by atoms with van der Waals surface area (Å²) in [7, 11) is 0. The molecule has 0 saturated heterocycles. The Morgan fingerprint density at radius 3 is 2.45 bits per heavy atom. The first-order valence-electron chi connectivity index (χ1n) is 3.65. The molecule has 0 spiro atoms. The Morgan fingerprint density at radius 1 is 1.27 bits per heavy atom. The molecule has 1 aromatic rings. The van der Waals surface area contributed by atoms with Crippen molar-refractivity contribution in [2.45, 2.75) is 17.0 Å². The Morgan fingerprint density at radius 2 is 1.91 bits per heavy atom. The summed E-state index contributed by atoms with van der Waals surface area (Å²) in [6.45, 7) is 0. The number of aryl methyl sites for hydroxylation is 1. The van der Waals surface area contributed by atoms with Gasteiger partial charge in [-0.15, -0.1) is 0 Å². The zero-order chi connectivity index (χ0) is 8.10. The van der Waals surface area contributed by atoms with Crippen LogP contribution in [0.5, 0.6) is 0 Å². The van der Waals surface area contributed by atoms with Crippen LogP contribution in [-0.2, 0) is 6.42 Å². The van der Waals surface area contributed by atoms with Crippen molar-refractivity contribution in [2.75, 3.05) is 0 Å². The molecule has 0 saturated carbocycles. The van der Waals surface area contributed by atoms with Crippen molar-refractivity contribution < 1.29 is 5.11 Å². The monoisotopic (exact) mass is 262 g/mol. The van der Waals surface area contributed by atoms with Crippen molar-refractivity contribution in [3.63, 3.8) is 0 Å². The molecule has 0 aliphatic heterocycles. The van der Waals surface area contributed by atoms with Crippen molar-refractivity contribution in [3.8, 4) is 0 Å². The average molecular weight is 262 g/mol. The van der Waals surface area contributed by atoms with Crippen LogP contribution < -0.4 is 0 Å². The zero-order valence-corrected chi connectivity index (χ0v) is 8.36. The molecule has 2 heteroatoms. The highest BCUT2D eigenvalue weighted by Gasteiger charge is 1.97. The molecule has 1 aromatic carbocycles. The second-order valence-electron chi connectivity index (χ2n) is 2.46. The number of hydrogen-bond acceptors (Lipinski definition) is 1. The lowest BCUT2D eigenvalue weighted by Gasteiger charge is -2.01. The van der Waals surface area contributed by atoms with Gasteiger partial charge in [-0.3, -0.25) is 0 Å². The summed E-state index contributed by atoms with van der Waals surface area (Å²) in [6, 6.07) is 10.2. The summed E-state index contributed by atoms with van der Waals surface area (Å²) >= 11 is 2.02. The molecule has 0 aliphatic carbocycles. The second-order valence-corrected chi connectivity index (χ2v) is 3.90. The van der Waals surface area contributed by atoms with E-state index in [0.717, 1.165) is 12.8 Å². The van der Waals surface area contributed by atoms with Crippen LogP contribution in [0.4, 0.5) is 0 Å². The molecule has 0 aliphatic rings. The van der Waals surface area contributed by atoms with E-state index in [1.165, 1.54) is 5.56 Å². The quantitative estimate of drug-likeness (QED) is 0.655. The van der Waals surface area contributed by atoms with Gasteiger partial charge in [-0.2, -0.15) is 0 Å². The molecular formula is C9H11IO. The van der Waals surface area contributed by atoms with Gasteiger partial charge in [0.15, 0.2) is 0 Å². The zero-order valence-electron chi connectivity index (χ0n) is 6.20. The van der Waals surface area contributed by atoms with Crippen LogP contribution in [0.1, 0.15) is 12.0 Å². The first-order chi connectivity index (χ1) is 5.29. The van der Waals surface area contributed by atoms with Crippen LogP contribution in [0.25, 0.3) is 0 Å². The van der Waals surface area contributed by atoms with E-state index in [1.807, 2.05) is 40.8 Å². The summed E-state index contributed by atoms with van der Waals surface area (Å²) in [5, 5.41) is 9.00. The lowest BCUT2D eigenvalue weighted by Crippen LogP contribution is -1.96. The highest BCUT2D eigenvalue weighted by Crippen LogP contribution is 2.08. The number of halogens is 1. The molecule has 0 radical (unpaired) electrons. The fraction of sp³-hybridized carbons (Fsp3) is 0.333. The fourth-order valence-electron chi connectivity index (χ4n) is 0.930. The van der Waals surface area contributed by atoms with Gasteiger partial charge in [0.25, 0.3) is 0 Å². The molecular weight excluding hydrogens is 251 g/mol. The number of rotatable bonds is 3. The predicted molar refractivity (Wildman–Crippen MR) is 54.8 cm³/mol. The maximum atomic E-state index is 9.00. The smallest absolute Gasteiger partial charge is 0.105 e. The standard InChI is InChI=1S/C9H11IO/c10-9(11)7-6-8-4-2-1-3-5-8/h1-5,9,11H,6-7H2. The lowest BCUT2D eigenvalue weighted by atomic mass is 10.1. The summed E-state index contributed by atoms with van der Waals surface area (Å²) in [4.78, 5) is 0. The molecule has 60 valence electrons. The van der Waals surface area contributed by atoms with Crippen molar-refractivity contribution in [3.05, 3.63) is 35.9 Å². The van der Waals surface area contributed by atoms with E-state index in [-0.39, 0.29) is 4.11 Å². The third-order valence-electron chi connectivity index (χ3n) is 1.51. The summed E-state index contributed by atoms with van der Waals surface area (Å²) < 4.78 is -0.215. The van der Waals surface area contributed by atoms with Crippen LogP contribution in [0, 0.1) is 0 Å². The number of alkyl halides is 1. The van der Waals surface area contributed by atoms with Gasteiger partial charge >= 0.3 is 0 Å². The van der Waals surface area contributed by atoms with E-state index in [0.29, 0.717) is 0 Å². The summed E-state index contributed by atoms with van der Waals surface area (Å²) in [5.41, 5.74) is 1.29. The highest BCUT2D eigenvalue weighted by molar-refractivity contribution is 14.1. The minimum Gasteiger partial charge on any atom is -0.383 e. The molecule has 0 bridgehead atoms. The first kappa shape index (κ1) is 9.00. The van der Waals surface area contributed by atoms with Crippen molar-refractivity contribution in [2.24, 2.45) is 0 Å². The molecule has 1 rings (SSSR count). The minimum absolute atomic E-state index is 0.215. The van der Waals surface area contributed by atoms with Crippen LogP contribution in [0.3, 0.4) is 0 Å². The van der Waals surface area contributed by atoms with Gasteiger partial charge in [-0.05, 0) is 18.4 Å². The Bertz CT molecular complexity index is 196. The van der Waals surface area contributed by atoms with E-state index in [4.69, 9.17) is 5.11 Å². The van der Waals surface area contributed by atoms with Crippen LogP contribution in [-0.4, -0.2) is 9.22 Å². The van der Waals surface area contributed by atoms with Crippen LogP contribution >= 0.6 is 22.6 Å². The van der Waals surface area contributed by atoms with Gasteiger partial charge < -0.3 is 5.11 Å². The van der Waals surface area contributed by atoms with Gasteiger partial charge in [0.05, 0.1) is 0 Å². The predicted octanol–water partition coefficient (Wildman–Crippen LogP) is 2.37. The summed E-state index contributed by atoms with van der Waals surface area (Å²) in [6.07, 6.45) is 1.80. The number of aliphatic hydroxyl groups excluding tert-OH is 1. The first-order valence-corrected chi connectivity index (χ1v) is 4.89. The van der Waals surface area contributed by atoms with Gasteiger partial charge in [-0.1, -0.05) is 52.9 Å². The SMILES string of the molecule is OC(I)CCc1ccccc1. The van der Waals surface area contributed by atoms with Crippen molar-refractivity contribution in [1.29, 1.82) is 0 Å². The lowest BCUT2D eigenvalue weighted by molar-refractivity contribution is 0.269. The highest BCUT2D eigenvalue weighted by atomic mass is 127. The third kappa shape index (κ3) is 3.72.